The first kappa shape index (κ1) is 15.0. The summed E-state index contributed by atoms with van der Waals surface area (Å²) in [5, 5.41) is 2.32. The van der Waals surface area contributed by atoms with E-state index in [0.717, 1.165) is 0 Å². The number of rotatable bonds is 4. The summed E-state index contributed by atoms with van der Waals surface area (Å²) in [7, 11) is 1.43. The van der Waals surface area contributed by atoms with E-state index in [9.17, 15) is 18.8 Å². The van der Waals surface area contributed by atoms with Crippen LogP contribution in [0.3, 0.4) is 0 Å². The maximum atomic E-state index is 13.7. The maximum absolute atomic E-state index is 13.7. The number of carbonyl (C=O) groups is 3. The molecular formula is C14H15FN2O4. The monoisotopic (exact) mass is 294 g/mol. The Hall–Kier alpha value is -2.44. The molecule has 0 radical (unpaired) electrons. The van der Waals surface area contributed by atoms with Crippen LogP contribution in [0.2, 0.25) is 0 Å². The predicted octanol–water partition coefficient (Wildman–Crippen LogP) is 0.468. The van der Waals surface area contributed by atoms with Gasteiger partial charge in [-0.1, -0.05) is 12.1 Å². The molecule has 21 heavy (non-hydrogen) atoms. The number of amides is 2. The molecule has 1 saturated heterocycles. The second kappa shape index (κ2) is 6.34. The Morgan fingerprint density at radius 3 is 2.81 bits per heavy atom. The van der Waals surface area contributed by atoms with Crippen LogP contribution in [0.4, 0.5) is 10.1 Å². The van der Waals surface area contributed by atoms with Crippen LogP contribution >= 0.6 is 0 Å². The molecule has 112 valence electrons. The zero-order chi connectivity index (χ0) is 15.4. The summed E-state index contributed by atoms with van der Waals surface area (Å²) >= 11 is 0. The van der Waals surface area contributed by atoms with Crippen LogP contribution < -0.4 is 10.2 Å². The zero-order valence-corrected chi connectivity index (χ0v) is 11.5. The maximum Gasteiger partial charge on any atom is 0.311 e. The molecule has 0 spiro atoms. The smallest absolute Gasteiger partial charge is 0.311 e. The summed E-state index contributed by atoms with van der Waals surface area (Å²) < 4.78 is 18.5. The number of nitrogens with one attached hydrogen (secondary N) is 1. The van der Waals surface area contributed by atoms with E-state index in [0.29, 0.717) is 0 Å². The molecule has 7 heteroatoms. The average Bonchev–Trinajstić information content (AvgIpc) is 2.86. The quantitative estimate of drug-likeness (QED) is 0.819. The number of para-hydroxylation sites is 1. The second-order valence-electron chi connectivity index (χ2n) is 4.64. The largest absolute Gasteiger partial charge is 0.455 e. The fraction of sp³-hybridized carbons (Fsp3) is 0.357. The third-order valence-electron chi connectivity index (χ3n) is 3.23. The molecule has 0 bridgehead atoms. The zero-order valence-electron chi connectivity index (χ0n) is 11.5. The van der Waals surface area contributed by atoms with Crippen molar-refractivity contribution in [2.45, 2.75) is 6.42 Å². The van der Waals surface area contributed by atoms with Crippen molar-refractivity contribution in [2.75, 3.05) is 25.1 Å². The molecule has 1 aliphatic rings. The molecule has 1 N–H and O–H groups in total. The highest BCUT2D eigenvalue weighted by Crippen LogP contribution is 2.27. The van der Waals surface area contributed by atoms with Gasteiger partial charge in [-0.2, -0.15) is 0 Å². The molecule has 0 aromatic heterocycles. The first-order chi connectivity index (χ1) is 10.0. The van der Waals surface area contributed by atoms with Crippen molar-refractivity contribution in [1.82, 2.24) is 5.32 Å². The van der Waals surface area contributed by atoms with Gasteiger partial charge in [-0.25, -0.2) is 4.39 Å². The molecule has 2 amide bonds. The summed E-state index contributed by atoms with van der Waals surface area (Å²) in [6.07, 6.45) is -0.0547. The molecule has 1 atom stereocenters. The van der Waals surface area contributed by atoms with Gasteiger partial charge < -0.3 is 15.0 Å². The Kier molecular flexibility index (Phi) is 4.52. The van der Waals surface area contributed by atoms with Crippen LogP contribution in [0.1, 0.15) is 6.42 Å². The van der Waals surface area contributed by atoms with Crippen LogP contribution in [-0.2, 0) is 19.1 Å². The molecule has 6 nitrogen and oxygen atoms in total. The summed E-state index contributed by atoms with van der Waals surface area (Å²) in [4.78, 5) is 35.9. The van der Waals surface area contributed by atoms with E-state index in [1.165, 1.54) is 30.1 Å². The number of hydrogen-bond acceptors (Lipinski definition) is 4. The van der Waals surface area contributed by atoms with Crippen molar-refractivity contribution in [3.05, 3.63) is 30.1 Å². The van der Waals surface area contributed by atoms with Gasteiger partial charge >= 0.3 is 5.97 Å². The number of likely N-dealkylation sites (N-methyl/N-ethyl adjacent to an activating group) is 1. The highest BCUT2D eigenvalue weighted by Gasteiger charge is 2.37. The van der Waals surface area contributed by atoms with Gasteiger partial charge in [0.1, 0.15) is 5.82 Å². The Bertz CT molecular complexity index is 576. The number of nitrogens with zero attached hydrogens (tertiary/aromatic N) is 1. The fourth-order valence-electron chi connectivity index (χ4n) is 2.10. The number of hydrogen-bond donors (Lipinski definition) is 1. The van der Waals surface area contributed by atoms with Crippen molar-refractivity contribution in [3.63, 3.8) is 0 Å². The average molecular weight is 294 g/mol. The number of ether oxygens (including phenoxy) is 1. The van der Waals surface area contributed by atoms with Crippen molar-refractivity contribution < 1.29 is 23.5 Å². The van der Waals surface area contributed by atoms with E-state index in [-0.39, 0.29) is 31.2 Å². The molecule has 0 saturated carbocycles. The summed E-state index contributed by atoms with van der Waals surface area (Å²) in [5.74, 6) is -2.63. The standard InChI is InChI=1S/C14H15FN2O4/c1-16-12(18)8-21-14(20)9-6-13(19)17(7-9)11-5-3-2-4-10(11)15/h2-5,9H,6-8H2,1H3,(H,16,18)/t9-/m1/s1. The number of carbonyl (C=O) groups excluding carboxylic acids is 3. The Labute approximate surface area is 120 Å². The molecule has 1 fully saturated rings. The molecular weight excluding hydrogens is 279 g/mol. The van der Waals surface area contributed by atoms with Crippen LogP contribution in [0.25, 0.3) is 0 Å². The summed E-state index contributed by atoms with van der Waals surface area (Å²) in [6.45, 7) is -0.341. The van der Waals surface area contributed by atoms with E-state index >= 15 is 0 Å². The lowest BCUT2D eigenvalue weighted by atomic mass is 10.1. The van der Waals surface area contributed by atoms with Gasteiger partial charge in [0.15, 0.2) is 6.61 Å². The lowest BCUT2D eigenvalue weighted by Crippen LogP contribution is -2.29. The van der Waals surface area contributed by atoms with Gasteiger partial charge in [0.25, 0.3) is 5.91 Å². The first-order valence-corrected chi connectivity index (χ1v) is 6.45. The highest BCUT2D eigenvalue weighted by atomic mass is 19.1. The molecule has 1 heterocycles. The van der Waals surface area contributed by atoms with Crippen molar-refractivity contribution >= 4 is 23.5 Å². The third-order valence-corrected chi connectivity index (χ3v) is 3.23. The lowest BCUT2D eigenvalue weighted by Gasteiger charge is -2.17. The van der Waals surface area contributed by atoms with E-state index in [1.807, 2.05) is 0 Å². The topological polar surface area (TPSA) is 75.7 Å². The molecule has 1 aromatic carbocycles. The van der Waals surface area contributed by atoms with Gasteiger partial charge in [-0.15, -0.1) is 0 Å². The molecule has 1 aromatic rings. The van der Waals surface area contributed by atoms with Gasteiger partial charge in [0, 0.05) is 20.0 Å². The third kappa shape index (κ3) is 3.36. The second-order valence-corrected chi connectivity index (χ2v) is 4.64. The number of halogens is 1. The Balaban J connectivity index is 2.01. The molecule has 2 rings (SSSR count). The summed E-state index contributed by atoms with van der Waals surface area (Å²) in [5.41, 5.74) is 0.143. The summed E-state index contributed by atoms with van der Waals surface area (Å²) in [6, 6.07) is 5.86. The minimum atomic E-state index is -0.693. The normalized spacial score (nSPS) is 17.7. The number of anilines is 1. The lowest BCUT2D eigenvalue weighted by molar-refractivity contribution is -0.152. The first-order valence-electron chi connectivity index (χ1n) is 6.45. The minimum Gasteiger partial charge on any atom is -0.455 e. The SMILES string of the molecule is CNC(=O)COC(=O)[C@@H]1CC(=O)N(c2ccccc2F)C1. The van der Waals surface area contributed by atoms with Gasteiger partial charge in [-0.05, 0) is 12.1 Å². The molecule has 0 aliphatic carbocycles. The highest BCUT2D eigenvalue weighted by molar-refractivity contribution is 5.99. The minimum absolute atomic E-state index is 0.0480. The van der Waals surface area contributed by atoms with Crippen molar-refractivity contribution in [1.29, 1.82) is 0 Å². The van der Waals surface area contributed by atoms with Crippen molar-refractivity contribution in [3.8, 4) is 0 Å². The fourth-order valence-corrected chi connectivity index (χ4v) is 2.10. The van der Waals surface area contributed by atoms with E-state index in [2.05, 4.69) is 5.32 Å². The predicted molar refractivity (Wildman–Crippen MR) is 71.9 cm³/mol. The number of esters is 1. The van der Waals surface area contributed by atoms with Crippen LogP contribution in [-0.4, -0.2) is 38.0 Å². The molecule has 1 aliphatic heterocycles. The molecule has 0 unspecified atom stereocenters. The van der Waals surface area contributed by atoms with Crippen LogP contribution in [0, 0.1) is 11.7 Å². The van der Waals surface area contributed by atoms with Gasteiger partial charge in [-0.3, -0.25) is 14.4 Å². The van der Waals surface area contributed by atoms with E-state index in [1.54, 1.807) is 6.07 Å². The van der Waals surface area contributed by atoms with Gasteiger partial charge in [0.2, 0.25) is 5.91 Å². The van der Waals surface area contributed by atoms with Gasteiger partial charge in [0.05, 0.1) is 11.6 Å². The van der Waals surface area contributed by atoms with Crippen molar-refractivity contribution in [2.24, 2.45) is 5.92 Å². The number of benzene rings is 1. The van der Waals surface area contributed by atoms with E-state index < -0.39 is 23.6 Å². The Morgan fingerprint density at radius 2 is 2.14 bits per heavy atom. The van der Waals surface area contributed by atoms with Crippen LogP contribution in [0.5, 0.6) is 0 Å². The van der Waals surface area contributed by atoms with Crippen LogP contribution in [0.15, 0.2) is 24.3 Å². The Morgan fingerprint density at radius 1 is 1.43 bits per heavy atom. The van der Waals surface area contributed by atoms with E-state index in [4.69, 9.17) is 4.74 Å².